The Bertz CT molecular complexity index is 486. The number of nitriles is 1. The number of aliphatic hydroxyl groups excluding tert-OH is 1. The Morgan fingerprint density at radius 1 is 1.32 bits per heavy atom. The zero-order chi connectivity index (χ0) is 16.4. The second-order valence-corrected chi connectivity index (χ2v) is 5.23. The number of nitrogens with one attached hydrogen (secondary N) is 1. The van der Waals surface area contributed by atoms with Crippen LogP contribution in [0.1, 0.15) is 32.3 Å². The van der Waals surface area contributed by atoms with Gasteiger partial charge in [0.25, 0.3) is 0 Å². The molecule has 4 N–H and O–H groups in total. The monoisotopic (exact) mass is 307 g/mol. The first kappa shape index (κ1) is 18.2. The van der Waals surface area contributed by atoms with Crippen molar-refractivity contribution >= 4 is 0 Å². The molecule has 1 rings (SSSR count). The lowest BCUT2D eigenvalue weighted by atomic mass is 10.2. The van der Waals surface area contributed by atoms with E-state index in [0.717, 1.165) is 6.42 Å². The quantitative estimate of drug-likeness (QED) is 0.446. The van der Waals surface area contributed by atoms with E-state index in [2.05, 4.69) is 11.4 Å². The van der Waals surface area contributed by atoms with Crippen molar-refractivity contribution in [2.45, 2.75) is 39.0 Å². The predicted molar refractivity (Wildman–Crippen MR) is 84.7 cm³/mol. The summed E-state index contributed by atoms with van der Waals surface area (Å²) in [7, 11) is 0. The van der Waals surface area contributed by atoms with Gasteiger partial charge in [-0.1, -0.05) is 0 Å². The molecule has 0 amide bonds. The molecule has 0 fully saturated rings. The molecule has 6 heteroatoms. The fourth-order valence-corrected chi connectivity index (χ4v) is 1.83. The van der Waals surface area contributed by atoms with E-state index >= 15 is 0 Å². The van der Waals surface area contributed by atoms with Crippen LogP contribution in [0.2, 0.25) is 0 Å². The Morgan fingerprint density at radius 2 is 2.09 bits per heavy atom. The van der Waals surface area contributed by atoms with Gasteiger partial charge in [-0.25, -0.2) is 0 Å². The van der Waals surface area contributed by atoms with Gasteiger partial charge in [-0.05, 0) is 38.9 Å². The highest BCUT2D eigenvalue weighted by Crippen LogP contribution is 2.24. The molecule has 122 valence electrons. The van der Waals surface area contributed by atoms with Gasteiger partial charge in [-0.3, -0.25) is 5.32 Å². The van der Waals surface area contributed by atoms with Gasteiger partial charge in [-0.2, -0.15) is 5.26 Å². The van der Waals surface area contributed by atoms with E-state index in [1.165, 1.54) is 0 Å². The molecule has 0 spiro atoms. The molecule has 0 bridgehead atoms. The molecule has 22 heavy (non-hydrogen) atoms. The van der Waals surface area contributed by atoms with Crippen LogP contribution in [0.15, 0.2) is 18.2 Å². The lowest BCUT2D eigenvalue weighted by Gasteiger charge is -2.16. The highest BCUT2D eigenvalue weighted by atomic mass is 16.5. The van der Waals surface area contributed by atoms with Gasteiger partial charge in [0, 0.05) is 18.5 Å². The second kappa shape index (κ2) is 10.0. The lowest BCUT2D eigenvalue weighted by Crippen LogP contribution is -2.35. The zero-order valence-electron chi connectivity index (χ0n) is 13.2. The second-order valence-electron chi connectivity index (χ2n) is 5.23. The number of nitrogens with zero attached hydrogens (tertiary/aromatic N) is 1. The van der Waals surface area contributed by atoms with Crippen LogP contribution in [0, 0.1) is 11.3 Å². The molecular weight excluding hydrogens is 282 g/mol. The molecule has 1 unspecified atom stereocenters. The van der Waals surface area contributed by atoms with E-state index in [1.807, 2.05) is 13.8 Å². The van der Waals surface area contributed by atoms with Gasteiger partial charge in [0.05, 0.1) is 18.8 Å². The summed E-state index contributed by atoms with van der Waals surface area (Å²) in [5.41, 5.74) is 5.82. The van der Waals surface area contributed by atoms with Gasteiger partial charge >= 0.3 is 0 Å². The molecule has 1 aromatic rings. The summed E-state index contributed by atoms with van der Waals surface area (Å²) in [5, 5.41) is 21.9. The number of rotatable bonds is 10. The van der Waals surface area contributed by atoms with Gasteiger partial charge in [0.2, 0.25) is 0 Å². The van der Waals surface area contributed by atoms with Crippen molar-refractivity contribution in [1.29, 1.82) is 5.26 Å². The normalized spacial score (nSPS) is 12.0. The van der Waals surface area contributed by atoms with Crippen LogP contribution in [0.3, 0.4) is 0 Å². The zero-order valence-corrected chi connectivity index (χ0v) is 13.2. The Labute approximate surface area is 131 Å². The largest absolute Gasteiger partial charge is 0.493 e. The van der Waals surface area contributed by atoms with Crippen molar-refractivity contribution in [3.05, 3.63) is 23.8 Å². The van der Waals surface area contributed by atoms with Crippen molar-refractivity contribution in [2.75, 3.05) is 19.8 Å². The van der Waals surface area contributed by atoms with E-state index in [1.54, 1.807) is 18.2 Å². The van der Waals surface area contributed by atoms with Crippen LogP contribution in [0.5, 0.6) is 11.5 Å². The highest BCUT2D eigenvalue weighted by Gasteiger charge is 2.08. The summed E-state index contributed by atoms with van der Waals surface area (Å²) in [6.07, 6.45) is 0.586. The number of hydrogen-bond acceptors (Lipinski definition) is 6. The molecule has 0 aliphatic carbocycles. The Hall–Kier alpha value is -1.81. The summed E-state index contributed by atoms with van der Waals surface area (Å²) in [4.78, 5) is 0. The van der Waals surface area contributed by atoms with Crippen molar-refractivity contribution in [3.63, 3.8) is 0 Å². The minimum atomic E-state index is -0.621. The molecule has 0 saturated heterocycles. The van der Waals surface area contributed by atoms with E-state index in [0.29, 0.717) is 43.2 Å². The molecule has 0 heterocycles. The van der Waals surface area contributed by atoms with E-state index in [4.69, 9.17) is 15.2 Å². The molecule has 0 radical (unpaired) electrons. The molecule has 0 saturated carbocycles. The highest BCUT2D eigenvalue weighted by molar-refractivity contribution is 5.47. The van der Waals surface area contributed by atoms with E-state index < -0.39 is 6.23 Å². The van der Waals surface area contributed by atoms with Gasteiger partial charge in [-0.15, -0.1) is 0 Å². The smallest absolute Gasteiger partial charge is 0.137 e. The lowest BCUT2D eigenvalue weighted by molar-refractivity contribution is 0.0995. The third-order valence-corrected chi connectivity index (χ3v) is 2.86. The third kappa shape index (κ3) is 6.76. The number of nitrogens with two attached hydrogens (primary N) is 1. The molecule has 6 nitrogen and oxygen atoms in total. The number of ether oxygens (including phenoxy) is 2. The van der Waals surface area contributed by atoms with Gasteiger partial charge in [0.1, 0.15) is 23.8 Å². The maximum Gasteiger partial charge on any atom is 0.137 e. The van der Waals surface area contributed by atoms with Crippen LogP contribution in [0.25, 0.3) is 0 Å². The maximum atomic E-state index is 9.70. The first-order valence-electron chi connectivity index (χ1n) is 7.50. The van der Waals surface area contributed by atoms with E-state index in [-0.39, 0.29) is 6.04 Å². The molecule has 1 atom stereocenters. The minimum absolute atomic E-state index is 0.203. The van der Waals surface area contributed by atoms with Crippen molar-refractivity contribution in [2.24, 2.45) is 5.73 Å². The Kier molecular flexibility index (Phi) is 8.30. The fourth-order valence-electron chi connectivity index (χ4n) is 1.83. The Balaban J connectivity index is 2.51. The summed E-state index contributed by atoms with van der Waals surface area (Å²) in [5.74, 6) is 1.12. The third-order valence-electron chi connectivity index (χ3n) is 2.86. The summed E-state index contributed by atoms with van der Waals surface area (Å²) in [6.45, 7) is 5.33. The van der Waals surface area contributed by atoms with Gasteiger partial charge in [0.15, 0.2) is 0 Å². The number of hydrogen-bond donors (Lipinski definition) is 3. The van der Waals surface area contributed by atoms with Gasteiger partial charge < -0.3 is 20.3 Å². The van der Waals surface area contributed by atoms with E-state index in [9.17, 15) is 10.4 Å². The van der Waals surface area contributed by atoms with Crippen LogP contribution < -0.4 is 20.5 Å². The minimum Gasteiger partial charge on any atom is -0.493 e. The van der Waals surface area contributed by atoms with Crippen LogP contribution >= 0.6 is 0 Å². The molecule has 0 aromatic heterocycles. The molecule has 0 aliphatic rings. The first-order valence-corrected chi connectivity index (χ1v) is 7.50. The van der Waals surface area contributed by atoms with Crippen molar-refractivity contribution in [1.82, 2.24) is 5.32 Å². The van der Waals surface area contributed by atoms with Crippen LogP contribution in [0.4, 0.5) is 0 Å². The molecule has 0 aliphatic heterocycles. The van der Waals surface area contributed by atoms with Crippen molar-refractivity contribution < 1.29 is 14.6 Å². The fraction of sp³-hybridized carbons (Fsp3) is 0.562. The average molecular weight is 307 g/mol. The first-order chi connectivity index (χ1) is 10.6. The summed E-state index contributed by atoms with van der Waals surface area (Å²) < 4.78 is 11.1. The molecule has 1 aromatic carbocycles. The standard InChI is InChI=1S/C16H25N3O3/c1-12(2)19-16(20)6-9-22-15-5-4-14(10-13(15)11-18)21-8-3-7-17/h4-5,10,12,16,19-20H,3,6-9,17H2,1-2H3. The summed E-state index contributed by atoms with van der Waals surface area (Å²) >= 11 is 0. The Morgan fingerprint density at radius 3 is 2.73 bits per heavy atom. The van der Waals surface area contributed by atoms with Crippen LogP contribution in [-0.2, 0) is 0 Å². The molecular formula is C16H25N3O3. The number of aliphatic hydroxyl groups is 1. The predicted octanol–water partition coefficient (Wildman–Crippen LogP) is 1.37. The summed E-state index contributed by atoms with van der Waals surface area (Å²) in [6, 6.07) is 7.41. The SMILES string of the molecule is CC(C)NC(O)CCOc1ccc(OCCCN)cc1C#N. The average Bonchev–Trinajstić information content (AvgIpc) is 2.47. The topological polar surface area (TPSA) is 101 Å². The van der Waals surface area contributed by atoms with Crippen molar-refractivity contribution in [3.8, 4) is 17.6 Å². The number of benzene rings is 1. The maximum absolute atomic E-state index is 9.70. The van der Waals surface area contributed by atoms with Crippen LogP contribution in [-0.4, -0.2) is 37.1 Å².